The number of nitrogens with one attached hydrogen (secondary N) is 2. The standard InChI is InChI=1S/C12H16N6/c1-4-13-5-2-10(1)3-6-14-11-12-17-16-9-18(12)8-7-15-11/h1,7-9,13H,2-6H2,(H,14,15). The van der Waals surface area contributed by atoms with Crippen LogP contribution in [0, 0.1) is 0 Å². The third-order valence-electron chi connectivity index (χ3n) is 3.11. The Morgan fingerprint density at radius 2 is 2.44 bits per heavy atom. The van der Waals surface area contributed by atoms with Crippen LogP contribution in [0.25, 0.3) is 5.65 Å². The topological polar surface area (TPSA) is 67.1 Å². The minimum absolute atomic E-state index is 0.775. The second-order valence-electron chi connectivity index (χ2n) is 4.33. The van der Waals surface area contributed by atoms with Gasteiger partial charge in [-0.2, -0.15) is 0 Å². The highest BCUT2D eigenvalue weighted by molar-refractivity contribution is 5.61. The van der Waals surface area contributed by atoms with Crippen LogP contribution in [-0.2, 0) is 0 Å². The molecule has 0 amide bonds. The number of aromatic nitrogens is 4. The molecule has 2 aromatic heterocycles. The Balaban J connectivity index is 1.62. The van der Waals surface area contributed by atoms with Crippen LogP contribution in [0.3, 0.4) is 0 Å². The van der Waals surface area contributed by atoms with Crippen molar-refractivity contribution in [1.82, 2.24) is 24.9 Å². The van der Waals surface area contributed by atoms with Crippen LogP contribution in [0.15, 0.2) is 30.4 Å². The Kier molecular flexibility index (Phi) is 3.18. The molecule has 0 saturated heterocycles. The smallest absolute Gasteiger partial charge is 0.203 e. The quantitative estimate of drug-likeness (QED) is 0.780. The van der Waals surface area contributed by atoms with Gasteiger partial charge < -0.3 is 10.6 Å². The van der Waals surface area contributed by atoms with Gasteiger partial charge in [-0.15, -0.1) is 10.2 Å². The van der Waals surface area contributed by atoms with Crippen molar-refractivity contribution in [2.45, 2.75) is 12.8 Å². The molecule has 0 aliphatic carbocycles. The summed E-state index contributed by atoms with van der Waals surface area (Å²) in [6.07, 6.45) is 9.74. The number of hydrogen-bond acceptors (Lipinski definition) is 5. The summed E-state index contributed by atoms with van der Waals surface area (Å²) in [5, 5.41) is 14.6. The molecular weight excluding hydrogens is 228 g/mol. The van der Waals surface area contributed by atoms with E-state index in [0.717, 1.165) is 43.9 Å². The molecule has 0 spiro atoms. The number of anilines is 1. The SMILES string of the molecule is C1=C(CCNc2nccn3cnnc23)CCNC1. The van der Waals surface area contributed by atoms with Crippen LogP contribution < -0.4 is 10.6 Å². The molecule has 1 aliphatic rings. The lowest BCUT2D eigenvalue weighted by Crippen LogP contribution is -2.21. The van der Waals surface area contributed by atoms with Crippen molar-refractivity contribution >= 4 is 11.5 Å². The minimum Gasteiger partial charge on any atom is -0.367 e. The van der Waals surface area contributed by atoms with Crippen LogP contribution in [0.4, 0.5) is 5.82 Å². The third kappa shape index (κ3) is 2.33. The zero-order valence-electron chi connectivity index (χ0n) is 10.1. The number of fused-ring (bicyclic) bond motifs is 1. The average molecular weight is 244 g/mol. The van der Waals surface area contributed by atoms with Crippen molar-refractivity contribution in [2.75, 3.05) is 25.0 Å². The highest BCUT2D eigenvalue weighted by atomic mass is 15.2. The molecule has 0 aromatic carbocycles. The largest absolute Gasteiger partial charge is 0.367 e. The fourth-order valence-corrected chi connectivity index (χ4v) is 2.12. The van der Waals surface area contributed by atoms with Gasteiger partial charge in [-0.1, -0.05) is 11.6 Å². The molecule has 0 radical (unpaired) electrons. The highest BCUT2D eigenvalue weighted by Gasteiger charge is 2.05. The molecule has 0 bridgehead atoms. The first-order chi connectivity index (χ1) is 8.93. The Morgan fingerprint density at radius 1 is 1.44 bits per heavy atom. The summed E-state index contributed by atoms with van der Waals surface area (Å²) < 4.78 is 1.86. The van der Waals surface area contributed by atoms with Crippen molar-refractivity contribution in [3.63, 3.8) is 0 Å². The first-order valence-electron chi connectivity index (χ1n) is 6.20. The van der Waals surface area contributed by atoms with Crippen LogP contribution in [0.2, 0.25) is 0 Å². The molecule has 0 unspecified atom stereocenters. The van der Waals surface area contributed by atoms with Gasteiger partial charge >= 0.3 is 0 Å². The zero-order valence-corrected chi connectivity index (χ0v) is 10.1. The Morgan fingerprint density at radius 3 is 3.33 bits per heavy atom. The lowest BCUT2D eigenvalue weighted by atomic mass is 10.1. The second-order valence-corrected chi connectivity index (χ2v) is 4.33. The summed E-state index contributed by atoms with van der Waals surface area (Å²) in [7, 11) is 0. The Bertz CT molecular complexity index is 558. The second kappa shape index (κ2) is 5.14. The monoisotopic (exact) mass is 244 g/mol. The van der Waals surface area contributed by atoms with E-state index in [4.69, 9.17) is 0 Å². The molecule has 6 heteroatoms. The van der Waals surface area contributed by atoms with Crippen molar-refractivity contribution in [2.24, 2.45) is 0 Å². The van der Waals surface area contributed by atoms with E-state index in [0.29, 0.717) is 0 Å². The van der Waals surface area contributed by atoms with Gasteiger partial charge in [0.05, 0.1) is 0 Å². The van der Waals surface area contributed by atoms with E-state index < -0.39 is 0 Å². The molecule has 0 saturated carbocycles. The lowest BCUT2D eigenvalue weighted by molar-refractivity contribution is 0.683. The molecule has 94 valence electrons. The maximum absolute atomic E-state index is 4.30. The van der Waals surface area contributed by atoms with E-state index in [1.165, 1.54) is 5.57 Å². The molecule has 1 aliphatic heterocycles. The summed E-state index contributed by atoms with van der Waals surface area (Å²) in [6, 6.07) is 0. The highest BCUT2D eigenvalue weighted by Crippen LogP contribution is 2.12. The van der Waals surface area contributed by atoms with Crippen molar-refractivity contribution in [3.05, 3.63) is 30.4 Å². The summed E-state index contributed by atoms with van der Waals surface area (Å²) in [6.45, 7) is 2.96. The van der Waals surface area contributed by atoms with E-state index in [-0.39, 0.29) is 0 Å². The fraction of sp³-hybridized carbons (Fsp3) is 0.417. The molecule has 3 rings (SSSR count). The van der Waals surface area contributed by atoms with E-state index in [1.54, 1.807) is 12.5 Å². The first kappa shape index (κ1) is 11.2. The Hall–Kier alpha value is -1.95. The van der Waals surface area contributed by atoms with Crippen LogP contribution in [0.5, 0.6) is 0 Å². The van der Waals surface area contributed by atoms with Gasteiger partial charge in [0.15, 0.2) is 5.82 Å². The van der Waals surface area contributed by atoms with Crippen molar-refractivity contribution < 1.29 is 0 Å². The maximum Gasteiger partial charge on any atom is 0.203 e. The van der Waals surface area contributed by atoms with Gasteiger partial charge in [-0.25, -0.2) is 4.98 Å². The maximum atomic E-state index is 4.30. The zero-order chi connectivity index (χ0) is 12.2. The summed E-state index contributed by atoms with van der Waals surface area (Å²) in [5.41, 5.74) is 2.28. The predicted molar refractivity (Wildman–Crippen MR) is 69.5 cm³/mol. The molecule has 3 heterocycles. The van der Waals surface area contributed by atoms with E-state index in [2.05, 4.69) is 31.9 Å². The number of rotatable bonds is 4. The van der Waals surface area contributed by atoms with E-state index >= 15 is 0 Å². The fourth-order valence-electron chi connectivity index (χ4n) is 2.12. The van der Waals surface area contributed by atoms with Gasteiger partial charge in [-0.3, -0.25) is 4.40 Å². The average Bonchev–Trinajstić information content (AvgIpc) is 2.89. The number of hydrogen-bond donors (Lipinski definition) is 2. The van der Waals surface area contributed by atoms with Gasteiger partial charge in [0, 0.05) is 25.5 Å². The summed E-state index contributed by atoms with van der Waals surface area (Å²) >= 11 is 0. The van der Waals surface area contributed by atoms with Gasteiger partial charge in [0.2, 0.25) is 5.65 Å². The molecular formula is C12H16N6. The van der Waals surface area contributed by atoms with Crippen molar-refractivity contribution in [3.8, 4) is 0 Å². The van der Waals surface area contributed by atoms with Crippen LogP contribution in [-0.4, -0.2) is 39.2 Å². The third-order valence-corrected chi connectivity index (χ3v) is 3.11. The van der Waals surface area contributed by atoms with Crippen LogP contribution in [0.1, 0.15) is 12.8 Å². The summed E-state index contributed by atoms with van der Waals surface area (Å²) in [5.74, 6) is 0.796. The Labute approximate surface area is 105 Å². The van der Waals surface area contributed by atoms with Crippen molar-refractivity contribution in [1.29, 1.82) is 0 Å². The minimum atomic E-state index is 0.775. The van der Waals surface area contributed by atoms with E-state index in [9.17, 15) is 0 Å². The molecule has 2 N–H and O–H groups in total. The van der Waals surface area contributed by atoms with Gasteiger partial charge in [0.1, 0.15) is 6.33 Å². The number of nitrogens with zero attached hydrogens (tertiary/aromatic N) is 4. The normalized spacial score (nSPS) is 15.7. The molecule has 0 fully saturated rings. The lowest BCUT2D eigenvalue weighted by Gasteiger charge is -2.14. The van der Waals surface area contributed by atoms with E-state index in [1.807, 2.05) is 10.6 Å². The molecule has 2 aromatic rings. The molecule has 6 nitrogen and oxygen atoms in total. The predicted octanol–water partition coefficient (Wildman–Crippen LogP) is 0.846. The first-order valence-corrected chi connectivity index (χ1v) is 6.20. The summed E-state index contributed by atoms with van der Waals surface area (Å²) in [4.78, 5) is 4.30. The van der Waals surface area contributed by atoms with Gasteiger partial charge in [-0.05, 0) is 19.4 Å². The molecule has 0 atom stereocenters. The molecule has 18 heavy (non-hydrogen) atoms. The van der Waals surface area contributed by atoms with Crippen LogP contribution >= 0.6 is 0 Å². The van der Waals surface area contributed by atoms with Gasteiger partial charge in [0.25, 0.3) is 0 Å².